The number of hydrogen-bond donors (Lipinski definition) is 1. The molecule has 2 nitrogen and oxygen atoms in total. The molecule has 0 aliphatic heterocycles. The van der Waals surface area contributed by atoms with E-state index in [1.54, 1.807) is 12.1 Å². The minimum absolute atomic E-state index is 0.112. The van der Waals surface area contributed by atoms with Crippen molar-refractivity contribution in [3.63, 3.8) is 0 Å². The molecular weight excluding hydrogens is 241 g/mol. The lowest BCUT2D eigenvalue weighted by atomic mass is 9.79. The quantitative estimate of drug-likeness (QED) is 0.857. The van der Waals surface area contributed by atoms with E-state index in [1.807, 2.05) is 0 Å². The fourth-order valence-electron chi connectivity index (χ4n) is 3.37. The number of halogens is 1. The molecule has 1 atom stereocenters. The van der Waals surface area contributed by atoms with Gasteiger partial charge in [-0.3, -0.25) is 4.79 Å². The molecule has 1 unspecified atom stereocenters. The van der Waals surface area contributed by atoms with Gasteiger partial charge in [0.1, 0.15) is 5.82 Å². The molecule has 2 fully saturated rings. The molecule has 0 heterocycles. The lowest BCUT2D eigenvalue weighted by molar-refractivity contribution is -0.118. The maximum Gasteiger partial charge on any atom is 0.228 e. The van der Waals surface area contributed by atoms with Crippen molar-refractivity contribution in [2.45, 2.75) is 39.0 Å². The first-order valence-corrected chi connectivity index (χ1v) is 7.15. The first-order chi connectivity index (χ1) is 9.09. The molecule has 0 radical (unpaired) electrons. The Labute approximate surface area is 113 Å². The highest BCUT2D eigenvalue weighted by Gasteiger charge is 2.58. The van der Waals surface area contributed by atoms with Gasteiger partial charge in [0.15, 0.2) is 0 Å². The van der Waals surface area contributed by atoms with Gasteiger partial charge in [0.2, 0.25) is 5.91 Å². The smallest absolute Gasteiger partial charge is 0.228 e. The van der Waals surface area contributed by atoms with Crippen LogP contribution in [0.25, 0.3) is 0 Å². The van der Waals surface area contributed by atoms with E-state index >= 15 is 0 Å². The highest BCUT2D eigenvalue weighted by molar-refractivity contribution is 5.95. The van der Waals surface area contributed by atoms with Crippen LogP contribution in [0.5, 0.6) is 0 Å². The molecule has 3 rings (SSSR count). The van der Waals surface area contributed by atoms with Gasteiger partial charge in [-0.1, -0.05) is 19.8 Å². The number of benzene rings is 1. The summed E-state index contributed by atoms with van der Waals surface area (Å²) in [5.41, 5.74) is 0.981. The molecule has 1 amide bonds. The molecule has 1 aromatic rings. The van der Waals surface area contributed by atoms with Crippen LogP contribution in [-0.4, -0.2) is 5.91 Å². The SMILES string of the molecule is CC1CCC2(CC1)CC2C(=O)Nc1ccc(F)cc1. The van der Waals surface area contributed by atoms with Crippen LogP contribution < -0.4 is 5.32 Å². The average Bonchev–Trinajstić information content (AvgIpc) is 3.11. The molecule has 1 N–H and O–H groups in total. The van der Waals surface area contributed by atoms with Crippen LogP contribution in [0.1, 0.15) is 39.0 Å². The van der Waals surface area contributed by atoms with E-state index in [2.05, 4.69) is 12.2 Å². The van der Waals surface area contributed by atoms with Crippen LogP contribution >= 0.6 is 0 Å². The molecular formula is C16H20FNO. The molecule has 2 aliphatic carbocycles. The van der Waals surface area contributed by atoms with Gasteiger partial charge in [0.05, 0.1) is 0 Å². The number of rotatable bonds is 2. The van der Waals surface area contributed by atoms with Crippen molar-refractivity contribution >= 4 is 11.6 Å². The lowest BCUT2D eigenvalue weighted by Crippen LogP contribution is -2.22. The van der Waals surface area contributed by atoms with Crippen molar-refractivity contribution in [2.24, 2.45) is 17.3 Å². The van der Waals surface area contributed by atoms with Gasteiger partial charge in [-0.15, -0.1) is 0 Å². The second-order valence-electron chi connectivity index (χ2n) is 6.30. The van der Waals surface area contributed by atoms with Crippen molar-refractivity contribution in [3.8, 4) is 0 Å². The van der Waals surface area contributed by atoms with Gasteiger partial charge < -0.3 is 5.32 Å². The molecule has 1 spiro atoms. The average molecular weight is 261 g/mol. The Morgan fingerprint density at radius 2 is 1.89 bits per heavy atom. The van der Waals surface area contributed by atoms with Crippen LogP contribution in [0.15, 0.2) is 24.3 Å². The van der Waals surface area contributed by atoms with E-state index in [1.165, 1.54) is 37.8 Å². The third-order valence-corrected chi connectivity index (χ3v) is 4.89. The summed E-state index contributed by atoms with van der Waals surface area (Å²) in [6.07, 6.45) is 5.92. The van der Waals surface area contributed by atoms with E-state index in [-0.39, 0.29) is 23.1 Å². The molecule has 0 bridgehead atoms. The van der Waals surface area contributed by atoms with E-state index in [9.17, 15) is 9.18 Å². The summed E-state index contributed by atoms with van der Waals surface area (Å²) in [4.78, 5) is 12.2. The van der Waals surface area contributed by atoms with Crippen LogP contribution in [0.2, 0.25) is 0 Å². The summed E-state index contributed by atoms with van der Waals surface area (Å²) >= 11 is 0. The molecule has 1 aromatic carbocycles. The van der Waals surface area contributed by atoms with Gasteiger partial charge in [-0.25, -0.2) is 4.39 Å². The standard InChI is InChI=1S/C16H20FNO/c1-11-6-8-16(9-7-11)10-14(16)15(19)18-13-4-2-12(17)3-5-13/h2-5,11,14H,6-10H2,1H3,(H,18,19). The van der Waals surface area contributed by atoms with Crippen molar-refractivity contribution in [3.05, 3.63) is 30.1 Å². The summed E-state index contributed by atoms with van der Waals surface area (Å²) in [5, 5.41) is 2.91. The number of amides is 1. The number of anilines is 1. The minimum Gasteiger partial charge on any atom is -0.326 e. The summed E-state index contributed by atoms with van der Waals surface area (Å²) in [5.74, 6) is 0.820. The zero-order chi connectivity index (χ0) is 13.5. The lowest BCUT2D eigenvalue weighted by Gasteiger charge is -2.26. The maximum atomic E-state index is 12.8. The van der Waals surface area contributed by atoms with E-state index < -0.39 is 0 Å². The number of carbonyl (C=O) groups excluding carboxylic acids is 1. The van der Waals surface area contributed by atoms with Crippen molar-refractivity contribution < 1.29 is 9.18 Å². The number of nitrogens with one attached hydrogen (secondary N) is 1. The van der Waals surface area contributed by atoms with E-state index in [4.69, 9.17) is 0 Å². The Morgan fingerprint density at radius 1 is 1.26 bits per heavy atom. The molecule has 102 valence electrons. The Kier molecular flexibility index (Phi) is 3.08. The molecule has 2 saturated carbocycles. The Balaban J connectivity index is 1.59. The normalized spacial score (nSPS) is 33.2. The van der Waals surface area contributed by atoms with Gasteiger partial charge in [-0.2, -0.15) is 0 Å². The van der Waals surface area contributed by atoms with Crippen molar-refractivity contribution in [1.29, 1.82) is 0 Å². The van der Waals surface area contributed by atoms with Gasteiger partial charge in [0.25, 0.3) is 0 Å². The zero-order valence-corrected chi connectivity index (χ0v) is 11.3. The number of hydrogen-bond acceptors (Lipinski definition) is 1. The monoisotopic (exact) mass is 261 g/mol. The topological polar surface area (TPSA) is 29.1 Å². The summed E-state index contributed by atoms with van der Waals surface area (Å²) < 4.78 is 12.8. The predicted molar refractivity (Wildman–Crippen MR) is 73.2 cm³/mol. The van der Waals surface area contributed by atoms with Gasteiger partial charge in [0, 0.05) is 11.6 Å². The molecule has 2 aliphatic rings. The number of carbonyl (C=O) groups is 1. The fourth-order valence-corrected chi connectivity index (χ4v) is 3.37. The third-order valence-electron chi connectivity index (χ3n) is 4.89. The molecule has 3 heteroatoms. The van der Waals surface area contributed by atoms with Crippen LogP contribution in [0, 0.1) is 23.1 Å². The zero-order valence-electron chi connectivity index (χ0n) is 11.3. The highest BCUT2D eigenvalue weighted by Crippen LogP contribution is 2.62. The third kappa shape index (κ3) is 2.51. The summed E-state index contributed by atoms with van der Waals surface area (Å²) in [6, 6.07) is 5.98. The molecule has 0 saturated heterocycles. The van der Waals surface area contributed by atoms with E-state index in [0.29, 0.717) is 5.69 Å². The summed E-state index contributed by atoms with van der Waals surface area (Å²) in [6.45, 7) is 2.29. The Bertz CT molecular complexity index is 474. The Morgan fingerprint density at radius 3 is 2.53 bits per heavy atom. The second kappa shape index (κ2) is 4.62. The van der Waals surface area contributed by atoms with Crippen molar-refractivity contribution in [1.82, 2.24) is 0 Å². The first kappa shape index (κ1) is 12.6. The van der Waals surface area contributed by atoms with E-state index in [0.717, 1.165) is 12.3 Å². The molecule has 0 aromatic heterocycles. The summed E-state index contributed by atoms with van der Waals surface area (Å²) in [7, 11) is 0. The fraction of sp³-hybridized carbons (Fsp3) is 0.562. The van der Waals surface area contributed by atoms with Gasteiger partial charge >= 0.3 is 0 Å². The predicted octanol–water partition coefficient (Wildman–Crippen LogP) is 3.98. The molecule has 19 heavy (non-hydrogen) atoms. The second-order valence-corrected chi connectivity index (χ2v) is 6.30. The van der Waals surface area contributed by atoms with Crippen LogP contribution in [-0.2, 0) is 4.79 Å². The largest absolute Gasteiger partial charge is 0.326 e. The minimum atomic E-state index is -0.276. The van der Waals surface area contributed by atoms with Crippen LogP contribution in [0.3, 0.4) is 0 Å². The van der Waals surface area contributed by atoms with Crippen LogP contribution in [0.4, 0.5) is 10.1 Å². The maximum absolute atomic E-state index is 12.8. The highest BCUT2D eigenvalue weighted by atomic mass is 19.1. The first-order valence-electron chi connectivity index (χ1n) is 7.15. The van der Waals surface area contributed by atoms with Gasteiger partial charge in [-0.05, 0) is 54.9 Å². The Hall–Kier alpha value is -1.38. The van der Waals surface area contributed by atoms with Crippen molar-refractivity contribution in [2.75, 3.05) is 5.32 Å².